The third kappa shape index (κ3) is 9.71. The van der Waals surface area contributed by atoms with Crippen LogP contribution in [0.3, 0.4) is 0 Å². The van der Waals surface area contributed by atoms with E-state index >= 15 is 0 Å². The SMILES string of the molecule is CCCCCCCCCCCCOCc1ccc(Cl)cc1Cl. The van der Waals surface area contributed by atoms with Crippen molar-refractivity contribution in [3.8, 4) is 0 Å². The molecule has 1 nitrogen and oxygen atoms in total. The second-order valence-corrected chi connectivity index (χ2v) is 6.81. The number of ether oxygens (including phenoxy) is 1. The second-order valence-electron chi connectivity index (χ2n) is 5.97. The third-order valence-corrected chi connectivity index (χ3v) is 4.50. The number of benzene rings is 1. The molecule has 0 saturated carbocycles. The second kappa shape index (κ2) is 13.2. The van der Waals surface area contributed by atoms with Crippen LogP contribution in [0.5, 0.6) is 0 Å². The molecule has 0 unspecified atom stereocenters. The number of hydrogen-bond donors (Lipinski definition) is 0. The molecule has 0 aromatic heterocycles. The summed E-state index contributed by atoms with van der Waals surface area (Å²) in [7, 11) is 0. The zero-order chi connectivity index (χ0) is 16.0. The molecule has 0 bridgehead atoms. The van der Waals surface area contributed by atoms with Gasteiger partial charge in [0.05, 0.1) is 6.61 Å². The highest BCUT2D eigenvalue weighted by Crippen LogP contribution is 2.21. The fourth-order valence-electron chi connectivity index (χ4n) is 2.51. The van der Waals surface area contributed by atoms with Crippen molar-refractivity contribution in [1.29, 1.82) is 0 Å². The number of rotatable bonds is 13. The van der Waals surface area contributed by atoms with Gasteiger partial charge in [-0.1, -0.05) is 94.0 Å². The minimum absolute atomic E-state index is 0.577. The minimum Gasteiger partial charge on any atom is -0.377 e. The summed E-state index contributed by atoms with van der Waals surface area (Å²) in [6.07, 6.45) is 13.5. The molecule has 0 aliphatic heterocycles. The molecule has 0 aliphatic rings. The fourth-order valence-corrected chi connectivity index (χ4v) is 2.98. The molecule has 0 N–H and O–H groups in total. The highest BCUT2D eigenvalue weighted by Gasteiger charge is 2.01. The Morgan fingerprint density at radius 2 is 1.41 bits per heavy atom. The lowest BCUT2D eigenvalue weighted by Gasteiger charge is -2.07. The smallest absolute Gasteiger partial charge is 0.0731 e. The summed E-state index contributed by atoms with van der Waals surface area (Å²) in [6.45, 7) is 3.66. The Morgan fingerprint density at radius 1 is 0.818 bits per heavy atom. The molecule has 1 aromatic rings. The van der Waals surface area contributed by atoms with E-state index in [1.165, 1.54) is 57.8 Å². The van der Waals surface area contributed by atoms with Crippen molar-refractivity contribution in [1.82, 2.24) is 0 Å². The van der Waals surface area contributed by atoms with Crippen LogP contribution in [-0.2, 0) is 11.3 Å². The van der Waals surface area contributed by atoms with E-state index in [2.05, 4.69) is 6.92 Å². The van der Waals surface area contributed by atoms with Gasteiger partial charge < -0.3 is 4.74 Å². The summed E-state index contributed by atoms with van der Waals surface area (Å²) in [6, 6.07) is 5.55. The molecule has 0 heterocycles. The summed E-state index contributed by atoms with van der Waals surface area (Å²) in [5.74, 6) is 0. The molecule has 0 saturated heterocycles. The summed E-state index contributed by atoms with van der Waals surface area (Å²) < 4.78 is 5.68. The standard InChI is InChI=1S/C19H30Cl2O/c1-2-3-4-5-6-7-8-9-10-11-14-22-16-17-12-13-18(20)15-19(17)21/h12-13,15H,2-11,14,16H2,1H3. The van der Waals surface area contributed by atoms with Gasteiger partial charge in [0.1, 0.15) is 0 Å². The van der Waals surface area contributed by atoms with Crippen LogP contribution < -0.4 is 0 Å². The summed E-state index contributed by atoms with van der Waals surface area (Å²) in [4.78, 5) is 0. The number of hydrogen-bond acceptors (Lipinski definition) is 1. The van der Waals surface area contributed by atoms with Crippen molar-refractivity contribution in [2.24, 2.45) is 0 Å². The van der Waals surface area contributed by atoms with E-state index in [4.69, 9.17) is 27.9 Å². The van der Waals surface area contributed by atoms with Gasteiger partial charge in [-0.25, -0.2) is 0 Å². The van der Waals surface area contributed by atoms with Gasteiger partial charge in [-0.2, -0.15) is 0 Å². The molecule has 0 amide bonds. The lowest BCUT2D eigenvalue weighted by Crippen LogP contribution is -1.96. The average Bonchev–Trinajstić information content (AvgIpc) is 2.50. The number of halogens is 2. The molecule has 1 aromatic carbocycles. The number of unbranched alkanes of at least 4 members (excludes halogenated alkanes) is 9. The normalized spacial score (nSPS) is 11.0. The molecule has 0 spiro atoms. The van der Waals surface area contributed by atoms with Crippen molar-refractivity contribution < 1.29 is 4.74 Å². The first-order valence-electron chi connectivity index (χ1n) is 8.75. The van der Waals surface area contributed by atoms with Gasteiger partial charge in [0, 0.05) is 16.7 Å². The first-order chi connectivity index (χ1) is 10.7. The minimum atomic E-state index is 0.577. The van der Waals surface area contributed by atoms with E-state index in [1.807, 2.05) is 12.1 Å². The predicted molar refractivity (Wildman–Crippen MR) is 98.0 cm³/mol. The Labute approximate surface area is 146 Å². The lowest BCUT2D eigenvalue weighted by molar-refractivity contribution is 0.117. The molecule has 3 heteroatoms. The van der Waals surface area contributed by atoms with Crippen molar-refractivity contribution in [2.75, 3.05) is 6.61 Å². The van der Waals surface area contributed by atoms with E-state index in [0.29, 0.717) is 16.7 Å². The topological polar surface area (TPSA) is 9.23 Å². The zero-order valence-corrected chi connectivity index (χ0v) is 15.4. The van der Waals surface area contributed by atoms with Crippen molar-refractivity contribution in [3.05, 3.63) is 33.8 Å². The van der Waals surface area contributed by atoms with E-state index in [0.717, 1.165) is 18.6 Å². The van der Waals surface area contributed by atoms with Crippen LogP contribution in [-0.4, -0.2) is 6.61 Å². The Hall–Kier alpha value is -0.240. The van der Waals surface area contributed by atoms with Gasteiger partial charge in [-0.3, -0.25) is 0 Å². The summed E-state index contributed by atoms with van der Waals surface area (Å²) in [5, 5.41) is 1.36. The van der Waals surface area contributed by atoms with Crippen LogP contribution >= 0.6 is 23.2 Å². The molecule has 0 fully saturated rings. The summed E-state index contributed by atoms with van der Waals surface area (Å²) in [5.41, 5.74) is 1.01. The van der Waals surface area contributed by atoms with Crippen LogP contribution in [0.1, 0.15) is 76.7 Å². The highest BCUT2D eigenvalue weighted by atomic mass is 35.5. The van der Waals surface area contributed by atoms with Gasteiger partial charge in [0.2, 0.25) is 0 Å². The molecule has 0 aliphatic carbocycles. The predicted octanol–water partition coefficient (Wildman–Crippen LogP) is 7.43. The monoisotopic (exact) mass is 344 g/mol. The van der Waals surface area contributed by atoms with Gasteiger partial charge in [0.25, 0.3) is 0 Å². The molecule has 0 atom stereocenters. The Morgan fingerprint density at radius 3 is 2.00 bits per heavy atom. The first kappa shape index (κ1) is 19.8. The fraction of sp³-hybridized carbons (Fsp3) is 0.684. The summed E-state index contributed by atoms with van der Waals surface area (Å²) >= 11 is 12.0. The van der Waals surface area contributed by atoms with Crippen LogP contribution in [0.25, 0.3) is 0 Å². The first-order valence-corrected chi connectivity index (χ1v) is 9.51. The van der Waals surface area contributed by atoms with Gasteiger partial charge in [-0.05, 0) is 24.1 Å². The Bertz CT molecular complexity index is 393. The van der Waals surface area contributed by atoms with Crippen LogP contribution in [0.15, 0.2) is 18.2 Å². The van der Waals surface area contributed by atoms with Crippen LogP contribution in [0.2, 0.25) is 10.0 Å². The van der Waals surface area contributed by atoms with E-state index in [-0.39, 0.29) is 0 Å². The van der Waals surface area contributed by atoms with E-state index in [1.54, 1.807) is 6.07 Å². The van der Waals surface area contributed by atoms with E-state index in [9.17, 15) is 0 Å². The van der Waals surface area contributed by atoms with Crippen LogP contribution in [0, 0.1) is 0 Å². The van der Waals surface area contributed by atoms with Gasteiger partial charge in [-0.15, -0.1) is 0 Å². The largest absolute Gasteiger partial charge is 0.377 e. The van der Waals surface area contributed by atoms with Gasteiger partial charge in [0.15, 0.2) is 0 Å². The van der Waals surface area contributed by atoms with Crippen molar-refractivity contribution >= 4 is 23.2 Å². The lowest BCUT2D eigenvalue weighted by atomic mass is 10.1. The molecule has 126 valence electrons. The molecule has 1 rings (SSSR count). The van der Waals surface area contributed by atoms with Crippen LogP contribution in [0.4, 0.5) is 0 Å². The quantitative estimate of drug-likeness (QED) is 0.338. The maximum absolute atomic E-state index is 6.11. The molecular formula is C19H30Cl2O. The van der Waals surface area contributed by atoms with E-state index < -0.39 is 0 Å². The maximum atomic E-state index is 6.11. The highest BCUT2D eigenvalue weighted by molar-refractivity contribution is 6.35. The van der Waals surface area contributed by atoms with Crippen molar-refractivity contribution in [3.63, 3.8) is 0 Å². The molecule has 22 heavy (non-hydrogen) atoms. The van der Waals surface area contributed by atoms with Crippen molar-refractivity contribution in [2.45, 2.75) is 77.7 Å². The zero-order valence-electron chi connectivity index (χ0n) is 13.9. The maximum Gasteiger partial charge on any atom is 0.0731 e. The average molecular weight is 345 g/mol. The Balaban J connectivity index is 1.89. The third-order valence-electron chi connectivity index (χ3n) is 3.91. The Kier molecular flexibility index (Phi) is 11.9. The van der Waals surface area contributed by atoms with Gasteiger partial charge >= 0.3 is 0 Å². The molecule has 0 radical (unpaired) electrons. The molecular weight excluding hydrogens is 315 g/mol.